The van der Waals surface area contributed by atoms with Gasteiger partial charge in [-0.3, -0.25) is 4.79 Å². The highest BCUT2D eigenvalue weighted by Gasteiger charge is 2.21. The van der Waals surface area contributed by atoms with Crippen molar-refractivity contribution >= 4 is 56.4 Å². The Hall–Kier alpha value is -2.09. The van der Waals surface area contributed by atoms with Crippen LogP contribution in [0.5, 0.6) is 0 Å². The predicted octanol–water partition coefficient (Wildman–Crippen LogP) is 2.71. The van der Waals surface area contributed by atoms with Crippen molar-refractivity contribution in [3.05, 3.63) is 39.5 Å². The molecule has 2 aromatic heterocycles. The number of carbonyl (C=O) groups is 1. The first kappa shape index (κ1) is 18.3. The highest BCUT2D eigenvalue weighted by atomic mass is 35.5. The van der Waals surface area contributed by atoms with Gasteiger partial charge in [0.1, 0.15) is 4.88 Å². The molecular weight excluding hydrogens is 350 g/mol. The largest absolute Gasteiger partial charge is 0.465 e. The lowest BCUT2D eigenvalue weighted by Crippen LogP contribution is -2.25. The number of methoxy groups -OCH3 is 1. The van der Waals surface area contributed by atoms with Gasteiger partial charge in [-0.15, -0.1) is 23.7 Å². The molecule has 128 valence electrons. The first-order valence-corrected chi connectivity index (χ1v) is 7.99. The van der Waals surface area contributed by atoms with Crippen LogP contribution in [-0.2, 0) is 4.74 Å². The van der Waals surface area contributed by atoms with Crippen molar-refractivity contribution in [1.82, 2.24) is 4.98 Å². The summed E-state index contributed by atoms with van der Waals surface area (Å²) < 4.78 is 5.83. The Kier molecular flexibility index (Phi) is 5.48. The average Bonchev–Trinajstić information content (AvgIpc) is 2.90. The second kappa shape index (κ2) is 7.21. The maximum absolute atomic E-state index is 12.1. The van der Waals surface area contributed by atoms with Crippen molar-refractivity contribution in [2.75, 3.05) is 19.0 Å². The number of carbonyl (C=O) groups excluding carboxylic acids is 1. The number of esters is 1. The van der Waals surface area contributed by atoms with Gasteiger partial charge in [0.2, 0.25) is 5.56 Å². The van der Waals surface area contributed by atoms with Gasteiger partial charge in [0, 0.05) is 39.6 Å². The number of thiophene rings is 1. The number of fused-ring (bicyclic) bond motifs is 3. The van der Waals surface area contributed by atoms with E-state index >= 15 is 0 Å². The van der Waals surface area contributed by atoms with E-state index in [2.05, 4.69) is 10.3 Å². The highest BCUT2D eigenvalue weighted by Crippen LogP contribution is 2.40. The maximum Gasteiger partial charge on any atom is 0.350 e. The standard InChI is InChI=1S/C16H17N3O3S.ClH/c1-8(17)7-18-14-13-9-3-6-12(20)19-10(9)4-5-11(13)23-15(14)16(21)22-2;/h3-6,8,18H,7,17H2,1-2H3,(H,19,20);1H/t8-;/m1./s1. The van der Waals surface area contributed by atoms with Gasteiger partial charge in [0.15, 0.2) is 0 Å². The zero-order chi connectivity index (χ0) is 16.6. The Bertz CT molecular complexity index is 949. The average molecular weight is 368 g/mol. The molecule has 0 amide bonds. The minimum absolute atomic E-state index is 0. The van der Waals surface area contributed by atoms with E-state index in [1.165, 1.54) is 24.5 Å². The van der Waals surface area contributed by atoms with E-state index in [1.807, 2.05) is 19.1 Å². The number of benzene rings is 1. The number of hydrogen-bond donors (Lipinski definition) is 3. The molecule has 0 aliphatic heterocycles. The van der Waals surface area contributed by atoms with Crippen molar-refractivity contribution in [3.8, 4) is 0 Å². The molecule has 8 heteroatoms. The van der Waals surface area contributed by atoms with E-state index in [1.54, 1.807) is 6.07 Å². The molecule has 24 heavy (non-hydrogen) atoms. The number of hydrogen-bond acceptors (Lipinski definition) is 6. The van der Waals surface area contributed by atoms with E-state index in [0.29, 0.717) is 17.1 Å². The topological polar surface area (TPSA) is 97.2 Å². The number of aromatic amines is 1. The van der Waals surface area contributed by atoms with Crippen LogP contribution in [0.3, 0.4) is 0 Å². The van der Waals surface area contributed by atoms with Crippen LogP contribution >= 0.6 is 23.7 Å². The monoisotopic (exact) mass is 367 g/mol. The number of nitrogens with one attached hydrogen (secondary N) is 2. The molecule has 0 saturated heterocycles. The number of halogens is 1. The fraction of sp³-hybridized carbons (Fsp3) is 0.250. The molecular formula is C16H18ClN3O3S. The molecule has 0 spiro atoms. The minimum Gasteiger partial charge on any atom is -0.465 e. The van der Waals surface area contributed by atoms with Gasteiger partial charge >= 0.3 is 5.97 Å². The van der Waals surface area contributed by atoms with Crippen LogP contribution in [0.4, 0.5) is 5.69 Å². The van der Waals surface area contributed by atoms with E-state index in [0.717, 1.165) is 21.0 Å². The van der Waals surface area contributed by atoms with Gasteiger partial charge in [0.25, 0.3) is 0 Å². The number of rotatable bonds is 4. The molecule has 3 aromatic rings. The van der Waals surface area contributed by atoms with Crippen molar-refractivity contribution in [1.29, 1.82) is 0 Å². The Morgan fingerprint density at radius 2 is 2.12 bits per heavy atom. The maximum atomic E-state index is 12.1. The van der Waals surface area contributed by atoms with E-state index in [-0.39, 0.29) is 24.0 Å². The summed E-state index contributed by atoms with van der Waals surface area (Å²) >= 11 is 1.36. The minimum atomic E-state index is -0.393. The molecule has 0 unspecified atom stereocenters. The van der Waals surface area contributed by atoms with E-state index in [4.69, 9.17) is 10.5 Å². The molecule has 0 aliphatic carbocycles. The summed E-state index contributed by atoms with van der Waals surface area (Å²) in [5, 5.41) is 5.02. The predicted molar refractivity (Wildman–Crippen MR) is 101 cm³/mol. The number of aromatic nitrogens is 1. The number of pyridine rings is 1. The van der Waals surface area contributed by atoms with Gasteiger partial charge in [-0.1, -0.05) is 0 Å². The van der Waals surface area contributed by atoms with Crippen LogP contribution < -0.4 is 16.6 Å². The third kappa shape index (κ3) is 3.24. The van der Waals surface area contributed by atoms with Crippen LogP contribution in [0.2, 0.25) is 0 Å². The van der Waals surface area contributed by atoms with E-state index in [9.17, 15) is 9.59 Å². The molecule has 0 aliphatic rings. The third-order valence-electron chi connectivity index (χ3n) is 3.53. The highest BCUT2D eigenvalue weighted by molar-refractivity contribution is 7.21. The molecule has 0 bridgehead atoms. The first-order valence-electron chi connectivity index (χ1n) is 7.17. The lowest BCUT2D eigenvalue weighted by atomic mass is 10.1. The molecule has 2 heterocycles. The molecule has 0 radical (unpaired) electrons. The molecule has 0 saturated carbocycles. The second-order valence-electron chi connectivity index (χ2n) is 5.38. The SMILES string of the molecule is COC(=O)c1sc2ccc3[nH]c(=O)ccc3c2c1NC[C@@H](C)N.Cl. The Balaban J connectivity index is 0.00000208. The van der Waals surface area contributed by atoms with Crippen molar-refractivity contribution in [2.45, 2.75) is 13.0 Å². The van der Waals surface area contributed by atoms with Gasteiger partial charge in [0.05, 0.1) is 12.8 Å². The summed E-state index contributed by atoms with van der Waals surface area (Å²) in [6, 6.07) is 6.91. The summed E-state index contributed by atoms with van der Waals surface area (Å²) in [5.41, 5.74) is 7.09. The summed E-state index contributed by atoms with van der Waals surface area (Å²) in [6.07, 6.45) is 0. The Morgan fingerprint density at radius 3 is 2.79 bits per heavy atom. The number of nitrogens with two attached hydrogens (primary N) is 1. The normalized spacial score (nSPS) is 12.0. The fourth-order valence-electron chi connectivity index (χ4n) is 2.50. The molecule has 6 nitrogen and oxygen atoms in total. The molecule has 1 atom stereocenters. The summed E-state index contributed by atoms with van der Waals surface area (Å²) in [7, 11) is 1.36. The molecule has 1 aromatic carbocycles. The Morgan fingerprint density at radius 1 is 1.38 bits per heavy atom. The van der Waals surface area contributed by atoms with Crippen LogP contribution in [0.15, 0.2) is 29.1 Å². The molecule has 4 N–H and O–H groups in total. The summed E-state index contributed by atoms with van der Waals surface area (Å²) in [5.74, 6) is -0.393. The number of anilines is 1. The van der Waals surface area contributed by atoms with Crippen molar-refractivity contribution in [2.24, 2.45) is 5.73 Å². The lowest BCUT2D eigenvalue weighted by Gasteiger charge is -2.11. The molecule has 3 rings (SSSR count). The number of ether oxygens (including phenoxy) is 1. The van der Waals surface area contributed by atoms with Crippen LogP contribution in [0.1, 0.15) is 16.6 Å². The van der Waals surface area contributed by atoms with Gasteiger partial charge in [-0.05, 0) is 25.1 Å². The van der Waals surface area contributed by atoms with Gasteiger partial charge in [-0.25, -0.2) is 4.79 Å². The smallest absolute Gasteiger partial charge is 0.350 e. The van der Waals surface area contributed by atoms with E-state index < -0.39 is 5.97 Å². The lowest BCUT2D eigenvalue weighted by molar-refractivity contribution is 0.0607. The second-order valence-corrected chi connectivity index (χ2v) is 6.43. The fourth-order valence-corrected chi connectivity index (χ4v) is 3.61. The zero-order valence-corrected chi connectivity index (χ0v) is 14.8. The van der Waals surface area contributed by atoms with Gasteiger partial charge < -0.3 is 20.8 Å². The Labute approximate surface area is 148 Å². The molecule has 0 fully saturated rings. The van der Waals surface area contributed by atoms with Crippen molar-refractivity contribution < 1.29 is 9.53 Å². The van der Waals surface area contributed by atoms with Crippen LogP contribution in [-0.4, -0.2) is 30.6 Å². The van der Waals surface area contributed by atoms with Crippen LogP contribution in [0, 0.1) is 0 Å². The first-order chi connectivity index (χ1) is 11.0. The zero-order valence-electron chi connectivity index (χ0n) is 13.2. The third-order valence-corrected chi connectivity index (χ3v) is 4.66. The van der Waals surface area contributed by atoms with Crippen molar-refractivity contribution in [3.63, 3.8) is 0 Å². The van der Waals surface area contributed by atoms with Gasteiger partial charge in [-0.2, -0.15) is 0 Å². The number of H-pyrrole nitrogens is 1. The quantitative estimate of drug-likeness (QED) is 0.616. The summed E-state index contributed by atoms with van der Waals surface area (Å²) in [4.78, 5) is 26.9. The van der Waals surface area contributed by atoms with Crippen LogP contribution in [0.25, 0.3) is 21.0 Å². The summed E-state index contributed by atoms with van der Waals surface area (Å²) in [6.45, 7) is 2.41.